The maximum Gasteiger partial charge on any atom is 0.222 e. The molecule has 0 aliphatic heterocycles. The topological polar surface area (TPSA) is 46.9 Å². The van der Waals surface area contributed by atoms with Gasteiger partial charge in [0, 0.05) is 25.2 Å². The number of aromatic nitrogens is 2. The van der Waals surface area contributed by atoms with Crippen molar-refractivity contribution in [1.82, 2.24) is 15.1 Å². The van der Waals surface area contributed by atoms with E-state index in [0.717, 1.165) is 18.5 Å². The van der Waals surface area contributed by atoms with E-state index in [4.69, 9.17) is 11.6 Å². The molecule has 0 radical (unpaired) electrons. The zero-order valence-corrected chi connectivity index (χ0v) is 10.8. The van der Waals surface area contributed by atoms with Gasteiger partial charge in [0.2, 0.25) is 5.91 Å². The fourth-order valence-electron chi connectivity index (χ4n) is 2.19. The number of hydrogen-bond acceptors (Lipinski definition) is 2. The van der Waals surface area contributed by atoms with Gasteiger partial charge in [-0.05, 0) is 19.8 Å². The number of carbonyl (C=O) groups is 1. The van der Waals surface area contributed by atoms with Gasteiger partial charge in [0.05, 0.1) is 10.7 Å². The van der Waals surface area contributed by atoms with Gasteiger partial charge >= 0.3 is 0 Å². The number of aryl methyl sites for hydroxylation is 2. The van der Waals surface area contributed by atoms with E-state index in [1.807, 2.05) is 6.92 Å². The van der Waals surface area contributed by atoms with Gasteiger partial charge < -0.3 is 5.32 Å². The van der Waals surface area contributed by atoms with Crippen LogP contribution in [0.2, 0.25) is 5.02 Å². The molecule has 0 bridgehead atoms. The van der Waals surface area contributed by atoms with E-state index < -0.39 is 0 Å². The summed E-state index contributed by atoms with van der Waals surface area (Å²) < 4.78 is 1.73. The van der Waals surface area contributed by atoms with Crippen LogP contribution in [0.3, 0.4) is 0 Å². The van der Waals surface area contributed by atoms with Gasteiger partial charge in [0.1, 0.15) is 0 Å². The summed E-state index contributed by atoms with van der Waals surface area (Å²) in [6, 6.07) is 0.394. The summed E-state index contributed by atoms with van der Waals surface area (Å²) in [7, 11) is 0. The number of nitrogens with one attached hydrogen (secondary N) is 1. The van der Waals surface area contributed by atoms with E-state index in [1.165, 1.54) is 12.8 Å². The second-order valence-electron chi connectivity index (χ2n) is 4.62. The average molecular weight is 256 g/mol. The fourth-order valence-corrected chi connectivity index (χ4v) is 2.34. The lowest BCUT2D eigenvalue weighted by atomic mass is 10.2. The quantitative estimate of drug-likeness (QED) is 0.897. The first-order chi connectivity index (χ1) is 8.15. The molecule has 5 heteroatoms. The maximum atomic E-state index is 11.7. The Labute approximate surface area is 106 Å². The summed E-state index contributed by atoms with van der Waals surface area (Å²) in [4.78, 5) is 11.7. The molecule has 94 valence electrons. The molecular formula is C12H18ClN3O. The molecule has 17 heavy (non-hydrogen) atoms. The summed E-state index contributed by atoms with van der Waals surface area (Å²) in [5, 5.41) is 7.93. The van der Waals surface area contributed by atoms with Crippen molar-refractivity contribution in [2.45, 2.75) is 51.6 Å². The number of amides is 1. The standard InChI is InChI=1S/C12H18ClN3O/c1-9-11(13)8-16(15-9)7-6-12(17)14-10-4-2-3-5-10/h8,10H,2-7H2,1H3,(H,14,17). The molecule has 0 aromatic carbocycles. The lowest BCUT2D eigenvalue weighted by Crippen LogP contribution is -2.33. The predicted molar refractivity (Wildman–Crippen MR) is 67.0 cm³/mol. The van der Waals surface area contributed by atoms with Crippen LogP contribution in [0.4, 0.5) is 0 Å². The highest BCUT2D eigenvalue weighted by molar-refractivity contribution is 6.31. The Morgan fingerprint density at radius 2 is 2.29 bits per heavy atom. The molecule has 0 atom stereocenters. The minimum atomic E-state index is 0.112. The number of nitrogens with zero attached hydrogens (tertiary/aromatic N) is 2. The Morgan fingerprint density at radius 3 is 2.88 bits per heavy atom. The summed E-state index contributed by atoms with van der Waals surface area (Å²) in [6.07, 6.45) is 6.95. The zero-order chi connectivity index (χ0) is 12.3. The molecule has 1 heterocycles. The van der Waals surface area contributed by atoms with Crippen LogP contribution in [0.15, 0.2) is 6.20 Å². The van der Waals surface area contributed by atoms with Gasteiger partial charge in [-0.15, -0.1) is 0 Å². The Balaban J connectivity index is 1.75. The van der Waals surface area contributed by atoms with Crippen LogP contribution in [-0.2, 0) is 11.3 Å². The largest absolute Gasteiger partial charge is 0.353 e. The Hall–Kier alpha value is -1.03. The third-order valence-corrected chi connectivity index (χ3v) is 3.55. The third-order valence-electron chi connectivity index (χ3n) is 3.17. The molecule has 1 amide bonds. The first kappa shape index (κ1) is 12.4. The van der Waals surface area contributed by atoms with E-state index in [-0.39, 0.29) is 5.91 Å². The predicted octanol–water partition coefficient (Wildman–Crippen LogP) is 2.29. The zero-order valence-electron chi connectivity index (χ0n) is 10.1. The normalized spacial score (nSPS) is 16.4. The summed E-state index contributed by atoms with van der Waals surface area (Å²) in [5.41, 5.74) is 0.808. The molecule has 0 saturated heterocycles. The minimum absolute atomic E-state index is 0.112. The molecule has 1 aromatic rings. The van der Waals surface area contributed by atoms with Crippen molar-refractivity contribution in [3.05, 3.63) is 16.9 Å². The molecule has 1 aliphatic rings. The molecule has 1 N–H and O–H groups in total. The summed E-state index contributed by atoms with van der Waals surface area (Å²) in [5.74, 6) is 0.112. The minimum Gasteiger partial charge on any atom is -0.353 e. The van der Waals surface area contributed by atoms with E-state index in [1.54, 1.807) is 10.9 Å². The van der Waals surface area contributed by atoms with Gasteiger partial charge in [-0.1, -0.05) is 24.4 Å². The van der Waals surface area contributed by atoms with E-state index in [9.17, 15) is 4.79 Å². The lowest BCUT2D eigenvalue weighted by molar-refractivity contribution is -0.122. The maximum absolute atomic E-state index is 11.7. The van der Waals surface area contributed by atoms with Crippen LogP contribution in [-0.4, -0.2) is 21.7 Å². The molecular weight excluding hydrogens is 238 g/mol. The van der Waals surface area contributed by atoms with Crippen molar-refractivity contribution in [3.8, 4) is 0 Å². The van der Waals surface area contributed by atoms with Crippen LogP contribution >= 0.6 is 11.6 Å². The van der Waals surface area contributed by atoms with E-state index in [0.29, 0.717) is 24.0 Å². The van der Waals surface area contributed by atoms with Crippen LogP contribution in [0.5, 0.6) is 0 Å². The molecule has 1 aliphatic carbocycles. The summed E-state index contributed by atoms with van der Waals surface area (Å²) in [6.45, 7) is 2.45. The highest BCUT2D eigenvalue weighted by Gasteiger charge is 2.16. The summed E-state index contributed by atoms with van der Waals surface area (Å²) >= 11 is 5.90. The second-order valence-corrected chi connectivity index (χ2v) is 5.03. The Kier molecular flexibility index (Phi) is 4.05. The van der Waals surface area contributed by atoms with Crippen molar-refractivity contribution in [1.29, 1.82) is 0 Å². The number of rotatable bonds is 4. The van der Waals surface area contributed by atoms with Crippen molar-refractivity contribution in [2.24, 2.45) is 0 Å². The number of halogens is 1. The van der Waals surface area contributed by atoms with Gasteiger partial charge in [-0.2, -0.15) is 5.10 Å². The van der Waals surface area contributed by atoms with Crippen molar-refractivity contribution in [2.75, 3.05) is 0 Å². The SMILES string of the molecule is Cc1nn(CCC(=O)NC2CCCC2)cc1Cl. The molecule has 1 aromatic heterocycles. The average Bonchev–Trinajstić information content (AvgIpc) is 2.87. The van der Waals surface area contributed by atoms with Crippen LogP contribution < -0.4 is 5.32 Å². The van der Waals surface area contributed by atoms with E-state index >= 15 is 0 Å². The van der Waals surface area contributed by atoms with Gasteiger partial charge in [-0.25, -0.2) is 0 Å². The van der Waals surface area contributed by atoms with Crippen molar-refractivity contribution < 1.29 is 4.79 Å². The first-order valence-corrected chi connectivity index (χ1v) is 6.52. The van der Waals surface area contributed by atoms with Gasteiger partial charge in [-0.3, -0.25) is 9.48 Å². The molecule has 0 spiro atoms. The van der Waals surface area contributed by atoms with Crippen LogP contribution in [0.25, 0.3) is 0 Å². The number of carbonyl (C=O) groups excluding carboxylic acids is 1. The van der Waals surface area contributed by atoms with Crippen LogP contribution in [0, 0.1) is 6.92 Å². The molecule has 0 unspecified atom stereocenters. The van der Waals surface area contributed by atoms with E-state index in [2.05, 4.69) is 10.4 Å². The number of hydrogen-bond donors (Lipinski definition) is 1. The molecule has 4 nitrogen and oxygen atoms in total. The van der Waals surface area contributed by atoms with Gasteiger partial charge in [0.15, 0.2) is 0 Å². The molecule has 1 saturated carbocycles. The second kappa shape index (κ2) is 5.54. The fraction of sp³-hybridized carbons (Fsp3) is 0.667. The Morgan fingerprint density at radius 1 is 1.59 bits per heavy atom. The highest BCUT2D eigenvalue weighted by atomic mass is 35.5. The molecule has 1 fully saturated rings. The van der Waals surface area contributed by atoms with Crippen molar-refractivity contribution >= 4 is 17.5 Å². The Bertz CT molecular complexity index is 377. The van der Waals surface area contributed by atoms with Crippen molar-refractivity contribution in [3.63, 3.8) is 0 Å². The monoisotopic (exact) mass is 255 g/mol. The lowest BCUT2D eigenvalue weighted by Gasteiger charge is -2.11. The first-order valence-electron chi connectivity index (χ1n) is 6.14. The third kappa shape index (κ3) is 3.46. The molecule has 2 rings (SSSR count). The highest BCUT2D eigenvalue weighted by Crippen LogP contribution is 2.17. The van der Waals surface area contributed by atoms with Gasteiger partial charge in [0.25, 0.3) is 0 Å². The smallest absolute Gasteiger partial charge is 0.222 e. The van der Waals surface area contributed by atoms with Crippen LogP contribution in [0.1, 0.15) is 37.8 Å².